The third kappa shape index (κ3) is 5.02. The van der Waals surface area contributed by atoms with Gasteiger partial charge in [-0.05, 0) is 30.7 Å². The fourth-order valence-electron chi connectivity index (χ4n) is 3.31. The Hall–Kier alpha value is -2.71. The van der Waals surface area contributed by atoms with Crippen LogP contribution in [-0.4, -0.2) is 51.7 Å². The topological polar surface area (TPSA) is 86.8 Å². The Morgan fingerprint density at radius 2 is 1.72 bits per heavy atom. The molecule has 2 aromatic carbocycles. The number of fused-ring (bicyclic) bond motifs is 1. The molecule has 1 aliphatic rings. The number of benzene rings is 2. The highest BCUT2D eigenvalue weighted by Crippen LogP contribution is 2.23. The normalized spacial score (nSPS) is 14.3. The van der Waals surface area contributed by atoms with Crippen molar-refractivity contribution in [1.82, 2.24) is 9.62 Å². The van der Waals surface area contributed by atoms with Crippen LogP contribution in [0.3, 0.4) is 0 Å². The van der Waals surface area contributed by atoms with E-state index in [4.69, 9.17) is 0 Å². The first-order valence-electron chi connectivity index (χ1n) is 9.45. The van der Waals surface area contributed by atoms with Crippen LogP contribution in [0.4, 0.5) is 5.69 Å². The molecule has 1 amide bonds. The van der Waals surface area contributed by atoms with Crippen LogP contribution in [0.5, 0.6) is 0 Å². The van der Waals surface area contributed by atoms with E-state index in [1.807, 2.05) is 31.3 Å². The molecular formula is C21H25N3O4S. The van der Waals surface area contributed by atoms with Crippen molar-refractivity contribution in [1.29, 1.82) is 0 Å². The number of Topliss-reactive ketones (excluding diaryl/α,β-unsaturated/α-hetero) is 1. The van der Waals surface area contributed by atoms with E-state index >= 15 is 0 Å². The van der Waals surface area contributed by atoms with E-state index < -0.39 is 10.0 Å². The summed E-state index contributed by atoms with van der Waals surface area (Å²) < 4.78 is 27.3. The van der Waals surface area contributed by atoms with Crippen molar-refractivity contribution >= 4 is 27.4 Å². The number of rotatable bonds is 6. The molecule has 8 heteroatoms. The third-order valence-corrected chi connectivity index (χ3v) is 6.50. The lowest BCUT2D eigenvalue weighted by molar-refractivity contribution is -0.131. The lowest BCUT2D eigenvalue weighted by Gasteiger charge is -2.21. The number of hydrogen-bond acceptors (Lipinski definition) is 5. The molecule has 7 nitrogen and oxygen atoms in total. The van der Waals surface area contributed by atoms with Crippen molar-refractivity contribution in [3.05, 3.63) is 59.7 Å². The minimum Gasteiger partial charge on any atom is -0.373 e. The van der Waals surface area contributed by atoms with E-state index in [1.54, 1.807) is 4.90 Å². The van der Waals surface area contributed by atoms with Crippen LogP contribution in [0.1, 0.15) is 29.3 Å². The maximum atomic E-state index is 12.6. The Morgan fingerprint density at radius 1 is 1.03 bits per heavy atom. The summed E-state index contributed by atoms with van der Waals surface area (Å²) in [6.45, 7) is 3.26. The summed E-state index contributed by atoms with van der Waals surface area (Å²) in [5.41, 5.74) is 2.63. The average Bonchev–Trinajstić information content (AvgIpc) is 2.87. The SMILES string of the molecule is CC(=O)c1ccc(S(=O)(=O)NCCC(=O)N2CCN(C)c3ccccc3C2)cc1. The zero-order chi connectivity index (χ0) is 21.0. The predicted octanol–water partition coefficient (Wildman–Crippen LogP) is 2.04. The Bertz CT molecular complexity index is 1000. The Morgan fingerprint density at radius 3 is 2.41 bits per heavy atom. The number of sulfonamides is 1. The number of carbonyl (C=O) groups excluding carboxylic acids is 2. The van der Waals surface area contributed by atoms with Gasteiger partial charge < -0.3 is 9.80 Å². The molecule has 0 saturated carbocycles. The predicted molar refractivity (Wildman–Crippen MR) is 111 cm³/mol. The third-order valence-electron chi connectivity index (χ3n) is 5.02. The Labute approximate surface area is 171 Å². The average molecular weight is 416 g/mol. The molecule has 1 N–H and O–H groups in total. The first-order chi connectivity index (χ1) is 13.8. The van der Waals surface area contributed by atoms with Gasteiger partial charge in [0.1, 0.15) is 0 Å². The Balaban J connectivity index is 1.58. The first-order valence-corrected chi connectivity index (χ1v) is 10.9. The molecule has 2 aromatic rings. The molecule has 29 heavy (non-hydrogen) atoms. The molecule has 0 aliphatic carbocycles. The number of ketones is 1. The summed E-state index contributed by atoms with van der Waals surface area (Å²) in [5, 5.41) is 0. The monoisotopic (exact) mass is 415 g/mol. The van der Waals surface area contributed by atoms with Gasteiger partial charge in [0.2, 0.25) is 15.9 Å². The van der Waals surface area contributed by atoms with E-state index in [0.29, 0.717) is 18.7 Å². The molecule has 0 radical (unpaired) electrons. The highest BCUT2D eigenvalue weighted by molar-refractivity contribution is 7.89. The molecule has 0 unspecified atom stereocenters. The number of para-hydroxylation sites is 1. The van der Waals surface area contributed by atoms with Gasteiger partial charge in [-0.25, -0.2) is 13.1 Å². The zero-order valence-electron chi connectivity index (χ0n) is 16.6. The summed E-state index contributed by atoms with van der Waals surface area (Å²) in [6.07, 6.45) is 0.0800. The van der Waals surface area contributed by atoms with Crippen molar-refractivity contribution < 1.29 is 18.0 Å². The molecule has 3 rings (SSSR count). The van der Waals surface area contributed by atoms with Crippen LogP contribution in [0, 0.1) is 0 Å². The van der Waals surface area contributed by atoms with Crippen molar-refractivity contribution in [2.45, 2.75) is 24.8 Å². The second-order valence-electron chi connectivity index (χ2n) is 7.09. The summed E-state index contributed by atoms with van der Waals surface area (Å²) in [6, 6.07) is 13.7. The second-order valence-corrected chi connectivity index (χ2v) is 8.86. The summed E-state index contributed by atoms with van der Waals surface area (Å²) >= 11 is 0. The molecule has 0 aromatic heterocycles. The maximum absolute atomic E-state index is 12.6. The van der Waals surface area contributed by atoms with Crippen LogP contribution in [-0.2, 0) is 21.4 Å². The second kappa shape index (κ2) is 8.75. The largest absolute Gasteiger partial charge is 0.373 e. The number of nitrogens with one attached hydrogen (secondary N) is 1. The smallest absolute Gasteiger partial charge is 0.240 e. The van der Waals surface area contributed by atoms with Gasteiger partial charge in [-0.3, -0.25) is 9.59 Å². The van der Waals surface area contributed by atoms with E-state index in [1.165, 1.54) is 31.2 Å². The van der Waals surface area contributed by atoms with Crippen LogP contribution in [0.15, 0.2) is 53.4 Å². The Kier molecular flexibility index (Phi) is 6.34. The molecular weight excluding hydrogens is 390 g/mol. The van der Waals surface area contributed by atoms with E-state index in [-0.39, 0.29) is 29.6 Å². The maximum Gasteiger partial charge on any atom is 0.240 e. The van der Waals surface area contributed by atoms with Crippen molar-refractivity contribution in [2.24, 2.45) is 0 Å². The number of nitrogens with zero attached hydrogens (tertiary/aromatic N) is 2. The van der Waals surface area contributed by atoms with Gasteiger partial charge in [-0.1, -0.05) is 30.3 Å². The van der Waals surface area contributed by atoms with Gasteiger partial charge in [0, 0.05) is 50.9 Å². The summed E-state index contributed by atoms with van der Waals surface area (Å²) in [5.74, 6) is -0.220. The molecule has 0 fully saturated rings. The molecule has 0 atom stereocenters. The molecule has 1 aliphatic heterocycles. The van der Waals surface area contributed by atoms with Crippen molar-refractivity contribution in [2.75, 3.05) is 31.6 Å². The van der Waals surface area contributed by atoms with Crippen LogP contribution >= 0.6 is 0 Å². The fourth-order valence-corrected chi connectivity index (χ4v) is 4.34. The number of amides is 1. The fraction of sp³-hybridized carbons (Fsp3) is 0.333. The van der Waals surface area contributed by atoms with Gasteiger partial charge in [0.25, 0.3) is 0 Å². The molecule has 154 valence electrons. The van der Waals surface area contributed by atoms with Crippen molar-refractivity contribution in [3.63, 3.8) is 0 Å². The van der Waals surface area contributed by atoms with Crippen LogP contribution in [0.25, 0.3) is 0 Å². The van der Waals surface area contributed by atoms with Gasteiger partial charge >= 0.3 is 0 Å². The van der Waals surface area contributed by atoms with E-state index in [9.17, 15) is 18.0 Å². The first kappa shape index (κ1) is 21.0. The standard InChI is InChI=1S/C21H25N3O4S/c1-16(25)17-7-9-19(10-8-17)29(27,28)22-12-11-21(26)24-14-13-23(2)20-6-4-3-5-18(20)15-24/h3-10,22H,11-15H2,1-2H3. The summed E-state index contributed by atoms with van der Waals surface area (Å²) in [7, 11) is -1.74. The van der Waals surface area contributed by atoms with Gasteiger partial charge in [-0.2, -0.15) is 0 Å². The number of carbonyl (C=O) groups is 2. The van der Waals surface area contributed by atoms with E-state index in [2.05, 4.69) is 9.62 Å². The number of likely N-dealkylation sites (N-methyl/N-ethyl adjacent to an activating group) is 1. The minimum atomic E-state index is -3.73. The molecule has 0 spiro atoms. The molecule has 0 bridgehead atoms. The minimum absolute atomic E-state index is 0.0175. The summed E-state index contributed by atoms with van der Waals surface area (Å²) in [4.78, 5) is 27.9. The lowest BCUT2D eigenvalue weighted by atomic mass is 10.1. The number of anilines is 1. The van der Waals surface area contributed by atoms with Gasteiger partial charge in [0.05, 0.1) is 4.90 Å². The van der Waals surface area contributed by atoms with Gasteiger partial charge in [-0.15, -0.1) is 0 Å². The van der Waals surface area contributed by atoms with Gasteiger partial charge in [0.15, 0.2) is 5.78 Å². The van der Waals surface area contributed by atoms with Crippen molar-refractivity contribution in [3.8, 4) is 0 Å². The lowest BCUT2D eigenvalue weighted by Crippen LogP contribution is -2.36. The quantitative estimate of drug-likeness (QED) is 0.730. The highest BCUT2D eigenvalue weighted by Gasteiger charge is 2.21. The zero-order valence-corrected chi connectivity index (χ0v) is 17.4. The molecule has 0 saturated heterocycles. The molecule has 1 heterocycles. The van der Waals surface area contributed by atoms with Crippen LogP contribution in [0.2, 0.25) is 0 Å². The number of hydrogen-bond donors (Lipinski definition) is 1. The highest BCUT2D eigenvalue weighted by atomic mass is 32.2. The van der Waals surface area contributed by atoms with Crippen LogP contribution < -0.4 is 9.62 Å². The van der Waals surface area contributed by atoms with E-state index in [0.717, 1.165) is 17.8 Å².